The molecule has 1 aromatic rings. The molecule has 1 aliphatic heterocycles. The molecule has 0 aliphatic carbocycles. The van der Waals surface area contributed by atoms with Crippen LogP contribution in [-0.4, -0.2) is 40.0 Å². The van der Waals surface area contributed by atoms with Gasteiger partial charge in [0.1, 0.15) is 17.1 Å². The molecule has 0 fully saturated rings. The van der Waals surface area contributed by atoms with Gasteiger partial charge in [-0.15, -0.1) is 0 Å². The van der Waals surface area contributed by atoms with Gasteiger partial charge in [-0.2, -0.15) is 0 Å². The quantitative estimate of drug-likeness (QED) is 0.846. The topological polar surface area (TPSA) is 60.9 Å². The van der Waals surface area contributed by atoms with Crippen LogP contribution < -0.4 is 0 Å². The third kappa shape index (κ3) is 3.59. The lowest BCUT2D eigenvalue weighted by Crippen LogP contribution is -2.51. The van der Waals surface area contributed by atoms with Crippen molar-refractivity contribution >= 4 is 23.5 Å². The van der Waals surface area contributed by atoms with Gasteiger partial charge < -0.3 is 14.9 Å². The summed E-state index contributed by atoms with van der Waals surface area (Å²) in [7, 11) is 1.51. The summed E-state index contributed by atoms with van der Waals surface area (Å²) in [6.07, 6.45) is 0.662. The van der Waals surface area contributed by atoms with Crippen molar-refractivity contribution in [2.24, 2.45) is 0 Å². The zero-order valence-corrected chi connectivity index (χ0v) is 14.3. The van der Waals surface area contributed by atoms with Crippen LogP contribution in [0.15, 0.2) is 46.6 Å². The first-order valence-electron chi connectivity index (χ1n) is 7.28. The highest BCUT2D eigenvalue weighted by atomic mass is 35.5. The second-order valence-corrected chi connectivity index (χ2v) is 6.02. The second kappa shape index (κ2) is 7.05. The van der Waals surface area contributed by atoms with Gasteiger partial charge in [-0.05, 0) is 36.3 Å². The number of halogens is 2. The molecule has 2 rings (SSSR count). The van der Waals surface area contributed by atoms with E-state index in [0.29, 0.717) is 16.3 Å². The fourth-order valence-electron chi connectivity index (χ4n) is 2.66. The number of carbonyl (C=O) groups is 2. The van der Waals surface area contributed by atoms with E-state index in [2.05, 4.69) is 0 Å². The van der Waals surface area contributed by atoms with Gasteiger partial charge in [-0.1, -0.05) is 23.7 Å². The third-order valence-electron chi connectivity index (χ3n) is 3.92. The van der Waals surface area contributed by atoms with Crippen LogP contribution in [-0.2, 0) is 16.1 Å². The van der Waals surface area contributed by atoms with E-state index in [4.69, 9.17) is 11.6 Å². The van der Waals surface area contributed by atoms with Gasteiger partial charge in [0, 0.05) is 20.5 Å². The minimum atomic E-state index is -1.13. The van der Waals surface area contributed by atoms with Gasteiger partial charge in [-0.3, -0.25) is 4.79 Å². The minimum Gasteiger partial charge on any atom is -0.478 e. The van der Waals surface area contributed by atoms with Crippen molar-refractivity contribution in [1.82, 2.24) is 9.80 Å². The van der Waals surface area contributed by atoms with E-state index in [1.54, 1.807) is 24.0 Å². The van der Waals surface area contributed by atoms with Gasteiger partial charge in [-0.25, -0.2) is 9.18 Å². The molecule has 1 N–H and O–H groups in total. The number of carbonyl (C=O) groups excluding carboxylic acids is 1. The standard InChI is InChI=1S/C17H18ClFN2O3/c1-10-7-14(18)21(9-12-5-4-6-13(19)8-12)16(15(10)17(23)24)20(3)11(2)22/h4-8,16H,9H2,1-3H3,(H,23,24). The Morgan fingerprint density at radius 1 is 1.42 bits per heavy atom. The van der Waals surface area contributed by atoms with Crippen LogP contribution in [0.25, 0.3) is 0 Å². The fourth-order valence-corrected chi connectivity index (χ4v) is 2.98. The number of benzene rings is 1. The Labute approximate surface area is 144 Å². The fraction of sp³-hybridized carbons (Fsp3) is 0.294. The molecule has 0 saturated heterocycles. The first-order valence-corrected chi connectivity index (χ1v) is 7.66. The van der Waals surface area contributed by atoms with E-state index in [1.165, 1.54) is 37.1 Å². The number of likely N-dealkylation sites (N-methyl/N-ethyl adjacent to an activating group) is 1. The lowest BCUT2D eigenvalue weighted by Gasteiger charge is -2.41. The summed E-state index contributed by atoms with van der Waals surface area (Å²) in [6, 6.07) is 5.95. The molecule has 1 atom stereocenters. The van der Waals surface area contributed by atoms with Crippen LogP contribution in [0.3, 0.4) is 0 Å². The molecule has 0 spiro atoms. The number of aliphatic carboxylic acids is 1. The summed E-state index contributed by atoms with van der Waals surface area (Å²) < 4.78 is 13.4. The van der Waals surface area contributed by atoms with Crippen LogP contribution in [0, 0.1) is 5.82 Å². The van der Waals surface area contributed by atoms with Gasteiger partial charge in [0.2, 0.25) is 5.91 Å². The molecule has 7 heteroatoms. The number of carboxylic acid groups (broad SMARTS) is 1. The molecule has 0 saturated carbocycles. The smallest absolute Gasteiger partial charge is 0.335 e. The van der Waals surface area contributed by atoms with E-state index in [-0.39, 0.29) is 18.0 Å². The Bertz CT molecular complexity index is 745. The van der Waals surface area contributed by atoms with E-state index in [0.717, 1.165) is 0 Å². The second-order valence-electron chi connectivity index (χ2n) is 5.63. The Hall–Kier alpha value is -2.34. The molecule has 1 amide bonds. The highest BCUT2D eigenvalue weighted by molar-refractivity contribution is 6.29. The molecular weight excluding hydrogens is 335 g/mol. The Morgan fingerprint density at radius 3 is 2.62 bits per heavy atom. The zero-order valence-electron chi connectivity index (χ0n) is 13.6. The molecule has 128 valence electrons. The highest BCUT2D eigenvalue weighted by Gasteiger charge is 2.36. The van der Waals surface area contributed by atoms with Crippen molar-refractivity contribution in [3.8, 4) is 0 Å². The minimum absolute atomic E-state index is 0.0634. The van der Waals surface area contributed by atoms with E-state index < -0.39 is 18.0 Å². The first-order chi connectivity index (χ1) is 11.2. The van der Waals surface area contributed by atoms with Gasteiger partial charge in [0.15, 0.2) is 0 Å². The number of amides is 1. The SMILES string of the molecule is CC(=O)N(C)C1C(C(=O)O)=C(C)C=C(Cl)N1Cc1cccc(F)c1. The summed E-state index contributed by atoms with van der Waals surface area (Å²) in [6.45, 7) is 3.15. The van der Waals surface area contributed by atoms with Gasteiger partial charge in [0.25, 0.3) is 0 Å². The van der Waals surface area contributed by atoms with E-state index in [1.807, 2.05) is 0 Å². The molecule has 5 nitrogen and oxygen atoms in total. The lowest BCUT2D eigenvalue weighted by molar-refractivity contribution is -0.136. The first kappa shape index (κ1) is 18.0. The number of allylic oxidation sites excluding steroid dienone is 2. The van der Waals surface area contributed by atoms with Crippen molar-refractivity contribution in [1.29, 1.82) is 0 Å². The molecule has 1 unspecified atom stereocenters. The van der Waals surface area contributed by atoms with Gasteiger partial charge in [0.05, 0.1) is 5.57 Å². The van der Waals surface area contributed by atoms with Crippen molar-refractivity contribution in [2.45, 2.75) is 26.6 Å². The average Bonchev–Trinajstić information content (AvgIpc) is 2.48. The van der Waals surface area contributed by atoms with Crippen molar-refractivity contribution in [3.05, 3.63) is 58.0 Å². The van der Waals surface area contributed by atoms with E-state index >= 15 is 0 Å². The summed E-state index contributed by atoms with van der Waals surface area (Å²) in [5.41, 5.74) is 1.15. The number of hydrogen-bond acceptors (Lipinski definition) is 3. The average molecular weight is 353 g/mol. The number of rotatable bonds is 4. The van der Waals surface area contributed by atoms with Crippen LogP contribution in [0.1, 0.15) is 19.4 Å². The van der Waals surface area contributed by atoms with Crippen LogP contribution in [0.5, 0.6) is 0 Å². The van der Waals surface area contributed by atoms with E-state index in [9.17, 15) is 19.1 Å². The molecular formula is C17H18ClFN2O3. The van der Waals surface area contributed by atoms with Crippen LogP contribution in [0.2, 0.25) is 0 Å². The maximum atomic E-state index is 13.4. The number of hydrogen-bond donors (Lipinski definition) is 1. The number of carboxylic acids is 1. The van der Waals surface area contributed by atoms with Crippen molar-refractivity contribution in [3.63, 3.8) is 0 Å². The summed E-state index contributed by atoms with van der Waals surface area (Å²) in [4.78, 5) is 26.4. The lowest BCUT2D eigenvalue weighted by atomic mass is 10.0. The largest absolute Gasteiger partial charge is 0.478 e. The monoisotopic (exact) mass is 352 g/mol. The molecule has 1 aromatic carbocycles. The molecule has 0 aromatic heterocycles. The van der Waals surface area contributed by atoms with Gasteiger partial charge >= 0.3 is 5.97 Å². The van der Waals surface area contributed by atoms with Crippen molar-refractivity contribution < 1.29 is 19.1 Å². The molecule has 24 heavy (non-hydrogen) atoms. The summed E-state index contributed by atoms with van der Waals surface area (Å²) >= 11 is 6.31. The maximum Gasteiger partial charge on any atom is 0.335 e. The third-order valence-corrected chi connectivity index (χ3v) is 4.25. The molecule has 1 aliphatic rings. The predicted octanol–water partition coefficient (Wildman–Crippen LogP) is 2.93. The predicted molar refractivity (Wildman–Crippen MR) is 88.4 cm³/mol. The Balaban J connectivity index is 2.49. The zero-order chi connectivity index (χ0) is 18.0. The summed E-state index contributed by atoms with van der Waals surface area (Å²) in [5, 5.41) is 9.86. The molecule has 0 radical (unpaired) electrons. The molecule has 1 heterocycles. The Kier molecular flexibility index (Phi) is 5.29. The normalized spacial score (nSPS) is 17.6. The maximum absolute atomic E-state index is 13.4. The van der Waals surface area contributed by atoms with Crippen molar-refractivity contribution in [2.75, 3.05) is 7.05 Å². The highest BCUT2D eigenvalue weighted by Crippen LogP contribution is 2.32. The van der Waals surface area contributed by atoms with Crippen LogP contribution >= 0.6 is 11.6 Å². The Morgan fingerprint density at radius 2 is 2.08 bits per heavy atom. The number of nitrogens with zero attached hydrogens (tertiary/aromatic N) is 2. The molecule has 0 bridgehead atoms. The van der Waals surface area contributed by atoms with Crippen LogP contribution in [0.4, 0.5) is 4.39 Å². The summed E-state index contributed by atoms with van der Waals surface area (Å²) in [5.74, 6) is -1.83.